The summed E-state index contributed by atoms with van der Waals surface area (Å²) in [6.45, 7) is 1.75. The van der Waals surface area contributed by atoms with Crippen molar-refractivity contribution in [3.8, 4) is 0 Å². The Morgan fingerprint density at radius 1 is 1.05 bits per heavy atom. The summed E-state index contributed by atoms with van der Waals surface area (Å²) in [4.78, 5) is 37.0. The van der Waals surface area contributed by atoms with Crippen LogP contribution in [0.1, 0.15) is 36.6 Å². The number of imide groups is 1. The lowest BCUT2D eigenvalue weighted by Gasteiger charge is -2.16. The molecule has 1 heterocycles. The van der Waals surface area contributed by atoms with E-state index in [1.807, 2.05) is 0 Å². The molecule has 6 nitrogen and oxygen atoms in total. The first-order chi connectivity index (χ1) is 10.4. The normalized spacial score (nSPS) is 13.4. The molecule has 1 aliphatic heterocycles. The Labute approximate surface area is 125 Å². The monoisotopic (exact) mass is 296 g/mol. The zero-order valence-electron chi connectivity index (χ0n) is 11.7. The zero-order chi connectivity index (χ0) is 16.0. The highest BCUT2D eigenvalue weighted by Crippen LogP contribution is 2.31. The van der Waals surface area contributed by atoms with Crippen LogP contribution in [0.5, 0.6) is 0 Å². The predicted octanol–water partition coefficient (Wildman–Crippen LogP) is 2.08. The Kier molecular flexibility index (Phi) is 2.95. The summed E-state index contributed by atoms with van der Waals surface area (Å²) in [5.74, 6) is -2.15. The number of nitrogen functional groups attached to an aromatic ring is 1. The predicted molar refractivity (Wildman–Crippen MR) is 80.1 cm³/mol. The minimum atomic E-state index is -1.15. The zero-order valence-corrected chi connectivity index (χ0v) is 11.7. The number of hydrogen-bond donors (Lipinski definition) is 2. The molecule has 0 saturated carbocycles. The van der Waals surface area contributed by atoms with E-state index in [1.165, 1.54) is 18.2 Å². The van der Waals surface area contributed by atoms with E-state index >= 15 is 0 Å². The highest BCUT2D eigenvalue weighted by Gasteiger charge is 2.37. The number of carbonyl (C=O) groups excluding carboxylic acids is 2. The number of carboxylic acid groups (broad SMARTS) is 1. The maximum atomic E-state index is 12.5. The van der Waals surface area contributed by atoms with E-state index in [9.17, 15) is 14.4 Å². The highest BCUT2D eigenvalue weighted by molar-refractivity contribution is 6.34. The number of anilines is 2. The molecule has 0 aliphatic carbocycles. The average molecular weight is 296 g/mol. The van der Waals surface area contributed by atoms with Crippen molar-refractivity contribution in [1.29, 1.82) is 0 Å². The Morgan fingerprint density at radius 2 is 1.73 bits per heavy atom. The second-order valence-electron chi connectivity index (χ2n) is 5.06. The molecule has 3 rings (SSSR count). The van der Waals surface area contributed by atoms with Crippen LogP contribution in [0.25, 0.3) is 0 Å². The van der Waals surface area contributed by atoms with E-state index in [1.54, 1.807) is 25.1 Å². The number of aromatic carboxylic acids is 1. The quantitative estimate of drug-likeness (QED) is 0.652. The van der Waals surface area contributed by atoms with Crippen molar-refractivity contribution < 1.29 is 19.5 Å². The van der Waals surface area contributed by atoms with Crippen molar-refractivity contribution in [1.82, 2.24) is 0 Å². The van der Waals surface area contributed by atoms with Gasteiger partial charge in [0.15, 0.2) is 0 Å². The fraction of sp³-hybridized carbons (Fsp3) is 0.0625. The number of rotatable bonds is 2. The molecule has 0 atom stereocenters. The third-order valence-corrected chi connectivity index (χ3v) is 3.60. The summed E-state index contributed by atoms with van der Waals surface area (Å²) in [7, 11) is 0. The topological polar surface area (TPSA) is 101 Å². The van der Waals surface area contributed by atoms with Crippen molar-refractivity contribution in [3.63, 3.8) is 0 Å². The number of carboxylic acids is 1. The van der Waals surface area contributed by atoms with E-state index in [-0.39, 0.29) is 16.7 Å². The number of hydrogen-bond acceptors (Lipinski definition) is 4. The second kappa shape index (κ2) is 4.70. The molecule has 0 unspecified atom stereocenters. The molecule has 0 radical (unpaired) electrons. The molecule has 0 aromatic heterocycles. The largest absolute Gasteiger partial charge is 0.478 e. The summed E-state index contributed by atoms with van der Waals surface area (Å²) in [6.07, 6.45) is 0. The van der Waals surface area contributed by atoms with Crippen molar-refractivity contribution >= 4 is 29.2 Å². The van der Waals surface area contributed by atoms with E-state index in [4.69, 9.17) is 10.8 Å². The van der Waals surface area contributed by atoms with Crippen LogP contribution in [0, 0.1) is 6.92 Å². The maximum absolute atomic E-state index is 12.5. The van der Waals surface area contributed by atoms with Crippen molar-refractivity contribution in [2.45, 2.75) is 6.92 Å². The van der Waals surface area contributed by atoms with Gasteiger partial charge >= 0.3 is 5.97 Å². The maximum Gasteiger partial charge on any atom is 0.335 e. The molecule has 2 aromatic carbocycles. The van der Waals surface area contributed by atoms with Crippen molar-refractivity contribution in [3.05, 3.63) is 58.7 Å². The van der Waals surface area contributed by atoms with Gasteiger partial charge in [-0.25, -0.2) is 9.69 Å². The fourth-order valence-corrected chi connectivity index (χ4v) is 2.52. The van der Waals surface area contributed by atoms with Crippen LogP contribution in [0.15, 0.2) is 36.4 Å². The lowest BCUT2D eigenvalue weighted by molar-refractivity contribution is 0.0696. The Balaban J connectivity index is 2.12. The molecule has 6 heteroatoms. The van der Waals surface area contributed by atoms with Crippen LogP contribution >= 0.6 is 0 Å². The first kappa shape index (κ1) is 13.8. The van der Waals surface area contributed by atoms with Gasteiger partial charge in [0.2, 0.25) is 0 Å². The van der Waals surface area contributed by atoms with Crippen molar-refractivity contribution in [2.24, 2.45) is 0 Å². The summed E-state index contributed by atoms with van der Waals surface area (Å²) in [5, 5.41) is 9.00. The van der Waals surface area contributed by atoms with E-state index in [0.717, 1.165) is 4.90 Å². The molecule has 1 aliphatic rings. The molecule has 22 heavy (non-hydrogen) atoms. The summed E-state index contributed by atoms with van der Waals surface area (Å²) < 4.78 is 0. The molecule has 110 valence electrons. The van der Waals surface area contributed by atoms with Gasteiger partial charge in [-0.1, -0.05) is 0 Å². The van der Waals surface area contributed by atoms with Crippen LogP contribution in [-0.2, 0) is 0 Å². The summed E-state index contributed by atoms with van der Waals surface area (Å²) in [6, 6.07) is 8.78. The van der Waals surface area contributed by atoms with Crippen molar-refractivity contribution in [2.75, 3.05) is 10.6 Å². The van der Waals surface area contributed by atoms with Crippen LogP contribution in [0.2, 0.25) is 0 Å². The summed E-state index contributed by atoms with van der Waals surface area (Å²) >= 11 is 0. The minimum absolute atomic E-state index is 0.0317. The highest BCUT2D eigenvalue weighted by atomic mass is 16.4. The molecule has 0 fully saturated rings. The Morgan fingerprint density at radius 3 is 2.36 bits per heavy atom. The van der Waals surface area contributed by atoms with Crippen LogP contribution in [-0.4, -0.2) is 22.9 Å². The minimum Gasteiger partial charge on any atom is -0.478 e. The SMILES string of the molecule is Cc1cc(N)ccc1N1C(=O)c2ccc(C(=O)O)cc2C1=O. The van der Waals surface area contributed by atoms with Crippen LogP contribution < -0.4 is 10.6 Å². The molecule has 0 bridgehead atoms. The number of fused-ring (bicyclic) bond motifs is 1. The van der Waals surface area contributed by atoms with Gasteiger partial charge in [0.05, 0.1) is 22.4 Å². The lowest BCUT2D eigenvalue weighted by Crippen LogP contribution is -2.30. The van der Waals surface area contributed by atoms with E-state index in [0.29, 0.717) is 16.9 Å². The number of aryl methyl sites for hydroxylation is 1. The molecular formula is C16H12N2O4. The van der Waals surface area contributed by atoms with Gasteiger partial charge in [-0.2, -0.15) is 0 Å². The van der Waals surface area contributed by atoms with E-state index < -0.39 is 17.8 Å². The smallest absolute Gasteiger partial charge is 0.335 e. The first-order valence-corrected chi connectivity index (χ1v) is 6.52. The third-order valence-electron chi connectivity index (χ3n) is 3.60. The van der Waals surface area contributed by atoms with Crippen LogP contribution in [0.4, 0.5) is 11.4 Å². The number of carbonyl (C=O) groups is 3. The van der Waals surface area contributed by atoms with Gasteiger partial charge in [-0.05, 0) is 48.9 Å². The standard InChI is InChI=1S/C16H12N2O4/c1-8-6-10(17)3-5-13(8)18-14(19)11-4-2-9(16(21)22)7-12(11)15(18)20/h2-7H,17H2,1H3,(H,21,22). The number of nitrogens with zero attached hydrogens (tertiary/aromatic N) is 1. The van der Waals surface area contributed by atoms with Crippen LogP contribution in [0.3, 0.4) is 0 Å². The second-order valence-corrected chi connectivity index (χ2v) is 5.06. The number of nitrogens with two attached hydrogens (primary N) is 1. The van der Waals surface area contributed by atoms with Gasteiger partial charge in [0.1, 0.15) is 0 Å². The van der Waals surface area contributed by atoms with Gasteiger partial charge in [-0.15, -0.1) is 0 Å². The third kappa shape index (κ3) is 1.93. The van der Waals surface area contributed by atoms with Gasteiger partial charge in [-0.3, -0.25) is 9.59 Å². The Hall–Kier alpha value is -3.15. The molecular weight excluding hydrogens is 284 g/mol. The first-order valence-electron chi connectivity index (χ1n) is 6.52. The number of benzene rings is 2. The molecule has 0 saturated heterocycles. The molecule has 3 N–H and O–H groups in total. The summed E-state index contributed by atoms with van der Waals surface area (Å²) in [5.41, 5.74) is 7.61. The van der Waals surface area contributed by atoms with E-state index in [2.05, 4.69) is 0 Å². The Bertz CT molecular complexity index is 842. The van der Waals surface area contributed by atoms with Gasteiger partial charge in [0.25, 0.3) is 11.8 Å². The van der Waals surface area contributed by atoms with Gasteiger partial charge in [0, 0.05) is 5.69 Å². The molecule has 0 spiro atoms. The van der Waals surface area contributed by atoms with Gasteiger partial charge < -0.3 is 10.8 Å². The fourth-order valence-electron chi connectivity index (χ4n) is 2.52. The average Bonchev–Trinajstić information content (AvgIpc) is 2.71. The molecule has 2 amide bonds. The molecule has 2 aromatic rings. The number of amides is 2. The lowest BCUT2D eigenvalue weighted by atomic mass is 10.1.